The summed E-state index contributed by atoms with van der Waals surface area (Å²) in [6.45, 7) is 12.5. The number of nitrogens with zero attached hydrogens (tertiary/aromatic N) is 2. The van der Waals surface area contributed by atoms with Crippen LogP contribution in [0.4, 0.5) is 11.4 Å². The molecule has 0 fully saturated rings. The number of aryl methyl sites for hydroxylation is 1. The average Bonchev–Trinajstić information content (AvgIpc) is 2.54. The van der Waals surface area contributed by atoms with Crippen molar-refractivity contribution < 1.29 is 0 Å². The van der Waals surface area contributed by atoms with Gasteiger partial charge in [-0.2, -0.15) is 0 Å². The Morgan fingerprint density at radius 3 is 2.56 bits per heavy atom. The van der Waals surface area contributed by atoms with E-state index in [2.05, 4.69) is 56.6 Å². The van der Waals surface area contributed by atoms with Crippen LogP contribution in [0.15, 0.2) is 41.4 Å². The lowest BCUT2D eigenvalue weighted by Crippen LogP contribution is -2.48. The molecule has 0 aliphatic carbocycles. The lowest BCUT2D eigenvalue weighted by atomic mass is 9.79. The minimum absolute atomic E-state index is 0.201. The highest BCUT2D eigenvalue weighted by Gasteiger charge is 2.35. The third kappa shape index (κ3) is 3.59. The summed E-state index contributed by atoms with van der Waals surface area (Å²) in [6, 6.07) is 12.3. The van der Waals surface area contributed by atoms with Gasteiger partial charge in [-0.1, -0.05) is 18.5 Å². The molecule has 2 nitrogen and oxygen atoms in total. The zero-order valence-electron chi connectivity index (χ0n) is 15.8. The summed E-state index contributed by atoms with van der Waals surface area (Å²) >= 11 is 5.94. The van der Waals surface area contributed by atoms with Crippen LogP contribution in [0.5, 0.6) is 0 Å². The van der Waals surface area contributed by atoms with E-state index in [1.165, 1.54) is 28.8 Å². The SMILES string of the molecule is CCN1c2cc(C)c(C=Nc3ccc(Cl)cc3)cc2[C@@H](C)CC1(C)C. The van der Waals surface area contributed by atoms with Gasteiger partial charge in [0, 0.05) is 29.0 Å². The predicted molar refractivity (Wildman–Crippen MR) is 110 cm³/mol. The van der Waals surface area contributed by atoms with Gasteiger partial charge < -0.3 is 4.90 Å². The van der Waals surface area contributed by atoms with E-state index in [0.717, 1.165) is 17.3 Å². The van der Waals surface area contributed by atoms with Gasteiger partial charge in [-0.15, -0.1) is 0 Å². The van der Waals surface area contributed by atoms with Crippen LogP contribution in [0.2, 0.25) is 5.02 Å². The Morgan fingerprint density at radius 1 is 1.24 bits per heavy atom. The Kier molecular flexibility index (Phi) is 4.92. The van der Waals surface area contributed by atoms with E-state index in [0.29, 0.717) is 5.92 Å². The normalized spacial score (nSPS) is 19.3. The fourth-order valence-corrected chi connectivity index (χ4v) is 4.19. The van der Waals surface area contributed by atoms with E-state index >= 15 is 0 Å². The van der Waals surface area contributed by atoms with Gasteiger partial charge in [0.25, 0.3) is 0 Å². The molecule has 0 saturated heterocycles. The molecular formula is C22H27ClN2. The van der Waals surface area contributed by atoms with Crippen molar-refractivity contribution in [3.8, 4) is 0 Å². The highest BCUT2D eigenvalue weighted by atomic mass is 35.5. The molecule has 132 valence electrons. The molecule has 0 spiro atoms. The van der Waals surface area contributed by atoms with Crippen LogP contribution in [-0.4, -0.2) is 18.3 Å². The summed E-state index contributed by atoms with van der Waals surface area (Å²) in [6.07, 6.45) is 3.15. The van der Waals surface area contributed by atoms with Crippen LogP contribution < -0.4 is 4.90 Å². The third-order valence-electron chi connectivity index (χ3n) is 5.27. The van der Waals surface area contributed by atoms with Crippen LogP contribution in [0, 0.1) is 6.92 Å². The lowest BCUT2D eigenvalue weighted by molar-refractivity contribution is 0.381. The molecule has 1 heterocycles. The smallest absolute Gasteiger partial charge is 0.0630 e. The molecule has 1 aliphatic heterocycles. The van der Waals surface area contributed by atoms with Gasteiger partial charge >= 0.3 is 0 Å². The Labute approximate surface area is 156 Å². The molecule has 0 bridgehead atoms. The van der Waals surface area contributed by atoms with Crippen molar-refractivity contribution in [3.63, 3.8) is 0 Å². The highest BCUT2D eigenvalue weighted by molar-refractivity contribution is 6.30. The fourth-order valence-electron chi connectivity index (χ4n) is 4.06. The quantitative estimate of drug-likeness (QED) is 0.573. The van der Waals surface area contributed by atoms with Crippen LogP contribution in [-0.2, 0) is 0 Å². The summed E-state index contributed by atoms with van der Waals surface area (Å²) in [4.78, 5) is 7.16. The molecule has 1 atom stereocenters. The second-order valence-corrected chi connectivity index (χ2v) is 8.10. The van der Waals surface area contributed by atoms with E-state index in [1.807, 2.05) is 30.5 Å². The molecule has 3 rings (SSSR count). The maximum absolute atomic E-state index is 5.94. The number of hydrogen-bond acceptors (Lipinski definition) is 2. The molecule has 2 aromatic rings. The molecule has 1 aliphatic rings. The number of anilines is 1. The standard InChI is InChI=1S/C22H27ClN2/c1-6-25-21-11-15(2)17(12-20(21)16(3)13-22(25,4)5)14-24-19-9-7-18(23)8-10-19/h7-12,14,16H,6,13H2,1-5H3/t16-/m0/s1. The lowest BCUT2D eigenvalue weighted by Gasteiger charge is -2.47. The van der Waals surface area contributed by atoms with Gasteiger partial charge in [0.15, 0.2) is 0 Å². The van der Waals surface area contributed by atoms with Crippen molar-refractivity contribution in [1.29, 1.82) is 0 Å². The van der Waals surface area contributed by atoms with E-state index in [9.17, 15) is 0 Å². The average molecular weight is 355 g/mol. The largest absolute Gasteiger partial charge is 0.366 e. The Bertz CT molecular complexity index is 790. The zero-order chi connectivity index (χ0) is 18.2. The molecule has 0 amide bonds. The molecule has 3 heteroatoms. The summed E-state index contributed by atoms with van der Waals surface area (Å²) < 4.78 is 0. The Balaban J connectivity index is 1.99. The van der Waals surface area contributed by atoms with Crippen molar-refractivity contribution >= 4 is 29.2 Å². The molecule has 2 aromatic carbocycles. The Morgan fingerprint density at radius 2 is 1.92 bits per heavy atom. The van der Waals surface area contributed by atoms with Gasteiger partial charge in [-0.05, 0) is 93.1 Å². The third-order valence-corrected chi connectivity index (χ3v) is 5.52. The fraction of sp³-hybridized carbons (Fsp3) is 0.409. The van der Waals surface area contributed by atoms with E-state index in [-0.39, 0.29) is 5.54 Å². The maximum atomic E-state index is 5.94. The van der Waals surface area contributed by atoms with E-state index < -0.39 is 0 Å². The number of halogens is 1. The first-order valence-electron chi connectivity index (χ1n) is 9.03. The summed E-state index contributed by atoms with van der Waals surface area (Å²) in [5, 5.41) is 0.736. The van der Waals surface area contributed by atoms with Crippen molar-refractivity contribution in [2.24, 2.45) is 4.99 Å². The minimum Gasteiger partial charge on any atom is -0.366 e. The first-order valence-corrected chi connectivity index (χ1v) is 9.41. The zero-order valence-corrected chi connectivity index (χ0v) is 16.6. The molecule has 25 heavy (non-hydrogen) atoms. The van der Waals surface area contributed by atoms with Gasteiger partial charge in [-0.3, -0.25) is 4.99 Å². The number of benzene rings is 2. The predicted octanol–water partition coefficient (Wildman–Crippen LogP) is 6.51. The summed E-state index contributed by atoms with van der Waals surface area (Å²) in [5.41, 5.74) is 6.39. The van der Waals surface area contributed by atoms with E-state index in [4.69, 9.17) is 11.6 Å². The molecule has 0 radical (unpaired) electrons. The molecule has 0 unspecified atom stereocenters. The monoisotopic (exact) mass is 354 g/mol. The maximum Gasteiger partial charge on any atom is 0.0630 e. The number of aliphatic imine (C=N–C) groups is 1. The molecule has 0 saturated carbocycles. The number of hydrogen-bond donors (Lipinski definition) is 0. The first kappa shape index (κ1) is 18.0. The van der Waals surface area contributed by atoms with Crippen molar-refractivity contribution in [2.45, 2.75) is 52.5 Å². The topological polar surface area (TPSA) is 15.6 Å². The summed E-state index contributed by atoms with van der Waals surface area (Å²) in [5.74, 6) is 0.552. The molecule has 0 aromatic heterocycles. The first-order chi connectivity index (χ1) is 11.8. The van der Waals surface area contributed by atoms with Crippen molar-refractivity contribution in [2.75, 3.05) is 11.4 Å². The Hall–Kier alpha value is -1.80. The number of fused-ring (bicyclic) bond motifs is 1. The van der Waals surface area contributed by atoms with Crippen molar-refractivity contribution in [1.82, 2.24) is 0 Å². The van der Waals surface area contributed by atoms with Gasteiger partial charge in [-0.25, -0.2) is 0 Å². The second-order valence-electron chi connectivity index (χ2n) is 7.66. The second kappa shape index (κ2) is 6.84. The van der Waals surface area contributed by atoms with E-state index in [1.54, 1.807) is 0 Å². The van der Waals surface area contributed by atoms with Crippen LogP contribution in [0.1, 0.15) is 56.7 Å². The van der Waals surface area contributed by atoms with Crippen LogP contribution >= 0.6 is 11.6 Å². The summed E-state index contributed by atoms with van der Waals surface area (Å²) in [7, 11) is 0. The van der Waals surface area contributed by atoms with Gasteiger partial charge in [0.1, 0.15) is 0 Å². The highest BCUT2D eigenvalue weighted by Crippen LogP contribution is 2.44. The van der Waals surface area contributed by atoms with Gasteiger partial charge in [0.2, 0.25) is 0 Å². The van der Waals surface area contributed by atoms with Crippen molar-refractivity contribution in [3.05, 3.63) is 58.1 Å². The van der Waals surface area contributed by atoms with Gasteiger partial charge in [0.05, 0.1) is 5.69 Å². The minimum atomic E-state index is 0.201. The number of rotatable bonds is 3. The molecule has 0 N–H and O–H groups in total. The van der Waals surface area contributed by atoms with Crippen LogP contribution in [0.3, 0.4) is 0 Å². The molecular weight excluding hydrogens is 328 g/mol. The van der Waals surface area contributed by atoms with Crippen LogP contribution in [0.25, 0.3) is 0 Å².